The van der Waals surface area contributed by atoms with Crippen LogP contribution in [0.2, 0.25) is 0 Å². The van der Waals surface area contributed by atoms with Gasteiger partial charge in [-0.1, -0.05) is 52.8 Å². The van der Waals surface area contributed by atoms with Crippen LogP contribution in [-0.2, 0) is 19.7 Å². The fourth-order valence-electron chi connectivity index (χ4n) is 2.21. The summed E-state index contributed by atoms with van der Waals surface area (Å²) < 4.78 is 10.7. The molecule has 7 heteroatoms. The van der Waals surface area contributed by atoms with E-state index >= 15 is 0 Å². The molecule has 138 valence electrons. The Morgan fingerprint density at radius 2 is 1.76 bits per heavy atom. The molecule has 0 unspecified atom stereocenters. The summed E-state index contributed by atoms with van der Waals surface area (Å²) in [6.07, 6.45) is -1.12. The number of primary amides is 1. The van der Waals surface area contributed by atoms with Gasteiger partial charge in [0.05, 0.1) is 0 Å². The lowest BCUT2D eigenvalue weighted by molar-refractivity contribution is -0.160. The number of urea groups is 1. The van der Waals surface area contributed by atoms with E-state index in [1.165, 1.54) is 0 Å². The number of imide groups is 1. The highest BCUT2D eigenvalue weighted by Gasteiger charge is 2.28. The predicted molar refractivity (Wildman–Crippen MR) is 93.1 cm³/mol. The fourth-order valence-corrected chi connectivity index (χ4v) is 2.21. The molecular formula is C18H26N2O5. The molecule has 0 fully saturated rings. The Bertz CT molecular complexity index is 635. The van der Waals surface area contributed by atoms with Crippen molar-refractivity contribution in [2.24, 2.45) is 11.7 Å². The molecule has 0 spiro atoms. The molecule has 1 aromatic carbocycles. The molecule has 1 rings (SSSR count). The lowest BCUT2D eigenvalue weighted by Gasteiger charge is -2.23. The highest BCUT2D eigenvalue weighted by atomic mass is 16.6. The Kier molecular flexibility index (Phi) is 6.97. The lowest BCUT2D eigenvalue weighted by atomic mass is 9.86. The molecule has 0 heterocycles. The van der Waals surface area contributed by atoms with Gasteiger partial charge in [0.2, 0.25) is 0 Å². The van der Waals surface area contributed by atoms with Gasteiger partial charge in [-0.2, -0.15) is 0 Å². The van der Waals surface area contributed by atoms with Crippen molar-refractivity contribution < 1.29 is 23.9 Å². The predicted octanol–water partition coefficient (Wildman–Crippen LogP) is 2.13. The highest BCUT2D eigenvalue weighted by Crippen LogP contribution is 2.30. The number of benzene rings is 1. The first-order valence-electron chi connectivity index (χ1n) is 8.04. The molecule has 0 aromatic heterocycles. The first-order valence-corrected chi connectivity index (χ1v) is 8.04. The second-order valence-corrected chi connectivity index (χ2v) is 7.04. The molecule has 0 bridgehead atoms. The first-order chi connectivity index (χ1) is 11.5. The molecular weight excluding hydrogens is 324 g/mol. The Morgan fingerprint density at radius 3 is 2.28 bits per heavy atom. The lowest BCUT2D eigenvalue weighted by Crippen LogP contribution is -2.46. The van der Waals surface area contributed by atoms with E-state index in [0.717, 1.165) is 5.56 Å². The normalized spacial score (nSPS) is 12.4. The van der Waals surface area contributed by atoms with Gasteiger partial charge < -0.3 is 15.2 Å². The Labute approximate surface area is 147 Å². The number of rotatable bonds is 6. The van der Waals surface area contributed by atoms with Gasteiger partial charge in [-0.15, -0.1) is 0 Å². The summed E-state index contributed by atoms with van der Waals surface area (Å²) in [5.74, 6) is -1.22. The van der Waals surface area contributed by atoms with Crippen molar-refractivity contribution in [2.45, 2.75) is 46.1 Å². The molecule has 7 nitrogen and oxygen atoms in total. The van der Waals surface area contributed by atoms with Crippen LogP contribution in [0, 0.1) is 5.92 Å². The van der Waals surface area contributed by atoms with Crippen LogP contribution in [0.3, 0.4) is 0 Å². The monoisotopic (exact) mass is 350 g/mol. The van der Waals surface area contributed by atoms with Crippen molar-refractivity contribution in [2.75, 3.05) is 6.61 Å². The van der Waals surface area contributed by atoms with Crippen LogP contribution in [-0.4, -0.2) is 30.6 Å². The highest BCUT2D eigenvalue weighted by molar-refractivity contribution is 5.96. The van der Waals surface area contributed by atoms with Crippen molar-refractivity contribution >= 4 is 17.9 Å². The van der Waals surface area contributed by atoms with Gasteiger partial charge in [0.25, 0.3) is 5.91 Å². The number of para-hydroxylation sites is 1. The molecule has 3 N–H and O–H groups in total. The molecule has 0 aliphatic carbocycles. The Balaban J connectivity index is 2.74. The van der Waals surface area contributed by atoms with Crippen LogP contribution in [0.5, 0.6) is 5.75 Å². The van der Waals surface area contributed by atoms with E-state index in [4.69, 9.17) is 15.2 Å². The smallest absolute Gasteiger partial charge is 0.344 e. The standard InChI is InChI=1S/C18H26N2O5/c1-11(2)15(16(22)20-17(19)23)25-14(21)10-24-13-9-7-6-8-12(13)18(3,4)5/h6-9,11,15H,10H2,1-5H3,(H3,19,20,22,23)/t15-/m1/s1. The number of carbonyl (C=O) groups excluding carboxylic acids is 3. The summed E-state index contributed by atoms with van der Waals surface area (Å²) >= 11 is 0. The SMILES string of the molecule is CC(C)[C@@H](OC(=O)COc1ccccc1C(C)(C)C)C(=O)NC(N)=O. The number of hydrogen-bond donors (Lipinski definition) is 2. The van der Waals surface area contributed by atoms with E-state index in [9.17, 15) is 14.4 Å². The number of ether oxygens (including phenoxy) is 2. The number of carbonyl (C=O) groups is 3. The van der Waals surface area contributed by atoms with Gasteiger partial charge in [-0.25, -0.2) is 9.59 Å². The fraction of sp³-hybridized carbons (Fsp3) is 0.500. The van der Waals surface area contributed by atoms with Crippen LogP contribution in [0.25, 0.3) is 0 Å². The van der Waals surface area contributed by atoms with E-state index in [1.807, 2.05) is 44.3 Å². The third-order valence-corrected chi connectivity index (χ3v) is 3.41. The molecule has 1 atom stereocenters. The summed E-state index contributed by atoms with van der Waals surface area (Å²) in [6.45, 7) is 9.14. The molecule has 1 aromatic rings. The second kappa shape index (κ2) is 8.50. The van der Waals surface area contributed by atoms with Crippen molar-refractivity contribution in [1.82, 2.24) is 5.32 Å². The van der Waals surface area contributed by atoms with Crippen LogP contribution in [0.15, 0.2) is 24.3 Å². The molecule has 0 radical (unpaired) electrons. The van der Waals surface area contributed by atoms with E-state index in [0.29, 0.717) is 5.75 Å². The van der Waals surface area contributed by atoms with Crippen LogP contribution >= 0.6 is 0 Å². The van der Waals surface area contributed by atoms with Gasteiger partial charge in [-0.3, -0.25) is 10.1 Å². The average molecular weight is 350 g/mol. The van der Waals surface area contributed by atoms with E-state index in [1.54, 1.807) is 19.9 Å². The van der Waals surface area contributed by atoms with Gasteiger partial charge in [-0.05, 0) is 23.0 Å². The molecule has 0 aliphatic heterocycles. The molecule has 3 amide bonds. The van der Waals surface area contributed by atoms with Gasteiger partial charge in [0.15, 0.2) is 12.7 Å². The number of nitrogens with one attached hydrogen (secondary N) is 1. The van der Waals surface area contributed by atoms with Crippen molar-refractivity contribution in [3.63, 3.8) is 0 Å². The summed E-state index contributed by atoms with van der Waals surface area (Å²) in [5, 5.41) is 1.91. The van der Waals surface area contributed by atoms with Gasteiger partial charge in [0, 0.05) is 0 Å². The van der Waals surface area contributed by atoms with E-state index in [2.05, 4.69) is 0 Å². The molecule has 0 saturated heterocycles. The Morgan fingerprint density at radius 1 is 1.16 bits per heavy atom. The van der Waals surface area contributed by atoms with Gasteiger partial charge in [0.1, 0.15) is 5.75 Å². The topological polar surface area (TPSA) is 108 Å². The zero-order valence-corrected chi connectivity index (χ0v) is 15.3. The quantitative estimate of drug-likeness (QED) is 0.764. The maximum absolute atomic E-state index is 12.0. The van der Waals surface area contributed by atoms with Crippen molar-refractivity contribution in [1.29, 1.82) is 0 Å². The van der Waals surface area contributed by atoms with Crippen LogP contribution in [0.1, 0.15) is 40.2 Å². The number of esters is 1. The first kappa shape index (κ1) is 20.5. The second-order valence-electron chi connectivity index (χ2n) is 7.04. The van der Waals surface area contributed by atoms with Crippen molar-refractivity contribution in [3.05, 3.63) is 29.8 Å². The molecule has 0 saturated carbocycles. The van der Waals surface area contributed by atoms with E-state index < -0.39 is 24.0 Å². The minimum Gasteiger partial charge on any atom is -0.482 e. The van der Waals surface area contributed by atoms with E-state index in [-0.39, 0.29) is 17.9 Å². The summed E-state index contributed by atoms with van der Waals surface area (Å²) in [6, 6.07) is 6.41. The third-order valence-electron chi connectivity index (χ3n) is 3.41. The number of hydrogen-bond acceptors (Lipinski definition) is 5. The summed E-state index contributed by atoms with van der Waals surface area (Å²) in [5.41, 5.74) is 5.72. The minimum absolute atomic E-state index is 0.150. The third kappa shape index (κ3) is 6.45. The van der Waals surface area contributed by atoms with Crippen LogP contribution < -0.4 is 15.8 Å². The maximum Gasteiger partial charge on any atom is 0.344 e. The molecule has 0 aliphatic rings. The largest absolute Gasteiger partial charge is 0.482 e. The molecule has 25 heavy (non-hydrogen) atoms. The summed E-state index contributed by atoms with van der Waals surface area (Å²) in [7, 11) is 0. The van der Waals surface area contributed by atoms with Gasteiger partial charge >= 0.3 is 12.0 Å². The average Bonchev–Trinajstić information content (AvgIpc) is 2.48. The zero-order valence-electron chi connectivity index (χ0n) is 15.3. The van der Waals surface area contributed by atoms with Crippen molar-refractivity contribution in [3.8, 4) is 5.75 Å². The minimum atomic E-state index is -1.12. The Hall–Kier alpha value is -2.57. The number of amides is 3. The van der Waals surface area contributed by atoms with Crippen LogP contribution in [0.4, 0.5) is 4.79 Å². The maximum atomic E-state index is 12.0. The zero-order chi connectivity index (χ0) is 19.2. The summed E-state index contributed by atoms with van der Waals surface area (Å²) in [4.78, 5) is 34.7. The number of nitrogens with two attached hydrogens (primary N) is 1.